The van der Waals surface area contributed by atoms with Gasteiger partial charge < -0.3 is 9.52 Å². The molecule has 18 heavy (non-hydrogen) atoms. The summed E-state index contributed by atoms with van der Waals surface area (Å²) in [4.78, 5) is 13.1. The number of aryl methyl sites for hydroxylation is 1. The van der Waals surface area contributed by atoms with Crippen LogP contribution in [-0.4, -0.2) is 29.6 Å². The summed E-state index contributed by atoms with van der Waals surface area (Å²) >= 11 is 0. The molecule has 2 rings (SSSR count). The van der Waals surface area contributed by atoms with Crippen LogP contribution in [0.2, 0.25) is 0 Å². The third-order valence-electron chi connectivity index (χ3n) is 3.63. The fourth-order valence-electron chi connectivity index (χ4n) is 2.80. The van der Waals surface area contributed by atoms with E-state index in [2.05, 4.69) is 11.9 Å². The van der Waals surface area contributed by atoms with Gasteiger partial charge in [0.15, 0.2) is 0 Å². The summed E-state index contributed by atoms with van der Waals surface area (Å²) in [5.41, 5.74) is 0.701. The summed E-state index contributed by atoms with van der Waals surface area (Å²) in [6, 6.07) is 1.83. The molecule has 1 N–H and O–H groups in total. The van der Waals surface area contributed by atoms with Crippen LogP contribution >= 0.6 is 0 Å². The van der Waals surface area contributed by atoms with Gasteiger partial charge in [0, 0.05) is 12.1 Å². The molecule has 1 heterocycles. The molecule has 0 bridgehead atoms. The number of hydrogen-bond acceptors (Lipinski definition) is 3. The van der Waals surface area contributed by atoms with Crippen LogP contribution in [0, 0.1) is 12.8 Å². The standard InChI is InChI=1S/C14H21NO3/c1-10-7-12(18-13(10)14(16)17)9-15(2)8-11-5-3-4-6-11/h7,11H,3-6,8-9H2,1-2H3,(H,16,17). The van der Waals surface area contributed by atoms with Gasteiger partial charge in [-0.3, -0.25) is 4.90 Å². The minimum absolute atomic E-state index is 0.0688. The van der Waals surface area contributed by atoms with Crippen molar-refractivity contribution in [3.63, 3.8) is 0 Å². The van der Waals surface area contributed by atoms with E-state index >= 15 is 0 Å². The van der Waals surface area contributed by atoms with E-state index in [1.165, 1.54) is 25.7 Å². The molecular formula is C14H21NO3. The minimum atomic E-state index is -0.989. The molecule has 0 spiro atoms. The summed E-state index contributed by atoms with van der Waals surface area (Å²) in [5, 5.41) is 8.94. The molecule has 0 amide bonds. The number of rotatable bonds is 5. The average Bonchev–Trinajstić information content (AvgIpc) is 2.88. The molecule has 1 saturated carbocycles. The van der Waals surface area contributed by atoms with Crippen LogP contribution in [-0.2, 0) is 6.54 Å². The molecule has 100 valence electrons. The van der Waals surface area contributed by atoms with E-state index in [9.17, 15) is 4.79 Å². The van der Waals surface area contributed by atoms with Crippen molar-refractivity contribution in [1.82, 2.24) is 4.90 Å². The second-order valence-electron chi connectivity index (χ2n) is 5.38. The maximum atomic E-state index is 10.9. The molecule has 0 atom stereocenters. The Labute approximate surface area is 108 Å². The van der Waals surface area contributed by atoms with E-state index in [1.54, 1.807) is 6.92 Å². The number of carbonyl (C=O) groups is 1. The molecular weight excluding hydrogens is 230 g/mol. The number of aromatic carboxylic acids is 1. The zero-order valence-corrected chi connectivity index (χ0v) is 11.1. The second kappa shape index (κ2) is 5.57. The first kappa shape index (κ1) is 13.1. The summed E-state index contributed by atoms with van der Waals surface area (Å²) in [7, 11) is 2.07. The van der Waals surface area contributed by atoms with Crippen molar-refractivity contribution in [3.8, 4) is 0 Å². The number of carboxylic acids is 1. The van der Waals surface area contributed by atoms with Gasteiger partial charge in [-0.2, -0.15) is 0 Å². The van der Waals surface area contributed by atoms with Crippen LogP contribution in [0.15, 0.2) is 10.5 Å². The minimum Gasteiger partial charge on any atom is -0.475 e. The molecule has 0 unspecified atom stereocenters. The highest BCUT2D eigenvalue weighted by molar-refractivity contribution is 5.86. The number of nitrogens with zero attached hydrogens (tertiary/aromatic N) is 1. The summed E-state index contributed by atoms with van der Waals surface area (Å²) in [5.74, 6) is 0.617. The summed E-state index contributed by atoms with van der Waals surface area (Å²) < 4.78 is 5.37. The van der Waals surface area contributed by atoms with Crippen LogP contribution in [0.4, 0.5) is 0 Å². The van der Waals surface area contributed by atoms with Crippen molar-refractivity contribution in [3.05, 3.63) is 23.2 Å². The van der Waals surface area contributed by atoms with E-state index in [4.69, 9.17) is 9.52 Å². The van der Waals surface area contributed by atoms with Crippen molar-refractivity contribution in [2.45, 2.75) is 39.2 Å². The number of furan rings is 1. The Balaban J connectivity index is 1.91. The molecule has 0 saturated heterocycles. The number of hydrogen-bond donors (Lipinski definition) is 1. The monoisotopic (exact) mass is 251 g/mol. The lowest BCUT2D eigenvalue weighted by atomic mass is 10.1. The smallest absolute Gasteiger partial charge is 0.372 e. The lowest BCUT2D eigenvalue weighted by molar-refractivity contribution is 0.0657. The molecule has 1 fully saturated rings. The molecule has 1 aliphatic rings. The van der Waals surface area contributed by atoms with E-state index in [-0.39, 0.29) is 5.76 Å². The number of carboxylic acid groups (broad SMARTS) is 1. The predicted molar refractivity (Wildman–Crippen MR) is 68.7 cm³/mol. The summed E-state index contributed by atoms with van der Waals surface area (Å²) in [6.07, 6.45) is 5.34. The molecule has 1 aromatic heterocycles. The highest BCUT2D eigenvalue weighted by Crippen LogP contribution is 2.25. The van der Waals surface area contributed by atoms with Gasteiger partial charge in [-0.1, -0.05) is 12.8 Å². The van der Waals surface area contributed by atoms with Gasteiger partial charge in [-0.25, -0.2) is 4.79 Å². The Bertz CT molecular complexity index is 419. The van der Waals surface area contributed by atoms with Gasteiger partial charge in [-0.15, -0.1) is 0 Å². The molecule has 1 aliphatic carbocycles. The van der Waals surface area contributed by atoms with Gasteiger partial charge in [0.05, 0.1) is 6.54 Å². The zero-order valence-electron chi connectivity index (χ0n) is 11.1. The molecule has 1 aromatic rings. The van der Waals surface area contributed by atoms with Crippen molar-refractivity contribution in [1.29, 1.82) is 0 Å². The van der Waals surface area contributed by atoms with Crippen LogP contribution in [0.3, 0.4) is 0 Å². The fraction of sp³-hybridized carbons (Fsp3) is 0.643. The maximum Gasteiger partial charge on any atom is 0.372 e. The Morgan fingerprint density at radius 3 is 2.72 bits per heavy atom. The van der Waals surface area contributed by atoms with E-state index in [1.807, 2.05) is 6.07 Å². The topological polar surface area (TPSA) is 53.7 Å². The highest BCUT2D eigenvalue weighted by Gasteiger charge is 2.19. The lowest BCUT2D eigenvalue weighted by Gasteiger charge is -2.19. The second-order valence-corrected chi connectivity index (χ2v) is 5.38. The molecule has 0 radical (unpaired) electrons. The lowest BCUT2D eigenvalue weighted by Crippen LogP contribution is -2.23. The van der Waals surface area contributed by atoms with Crippen LogP contribution in [0.25, 0.3) is 0 Å². The van der Waals surface area contributed by atoms with Crippen molar-refractivity contribution in [2.24, 2.45) is 5.92 Å². The van der Waals surface area contributed by atoms with Gasteiger partial charge in [0.2, 0.25) is 5.76 Å². The van der Waals surface area contributed by atoms with Crippen LogP contribution in [0.5, 0.6) is 0 Å². The SMILES string of the molecule is Cc1cc(CN(C)CC2CCCC2)oc1C(=O)O. The molecule has 4 heteroatoms. The van der Waals surface area contributed by atoms with Gasteiger partial charge in [-0.05, 0) is 38.8 Å². The van der Waals surface area contributed by atoms with Crippen molar-refractivity contribution in [2.75, 3.05) is 13.6 Å². The van der Waals surface area contributed by atoms with Crippen LogP contribution in [0.1, 0.15) is 47.6 Å². The Morgan fingerprint density at radius 2 is 2.17 bits per heavy atom. The van der Waals surface area contributed by atoms with Gasteiger partial charge >= 0.3 is 5.97 Å². The normalized spacial score (nSPS) is 16.6. The van der Waals surface area contributed by atoms with Gasteiger partial charge in [0.25, 0.3) is 0 Å². The van der Waals surface area contributed by atoms with Crippen molar-refractivity contribution >= 4 is 5.97 Å². The first-order valence-electron chi connectivity index (χ1n) is 6.57. The predicted octanol–water partition coefficient (Wildman–Crippen LogP) is 2.91. The molecule has 0 aromatic carbocycles. The summed E-state index contributed by atoms with van der Waals surface area (Å²) in [6.45, 7) is 3.53. The van der Waals surface area contributed by atoms with Crippen LogP contribution < -0.4 is 0 Å². The Morgan fingerprint density at radius 1 is 1.50 bits per heavy atom. The fourth-order valence-corrected chi connectivity index (χ4v) is 2.80. The first-order valence-corrected chi connectivity index (χ1v) is 6.57. The van der Waals surface area contributed by atoms with E-state index in [0.717, 1.165) is 18.2 Å². The Kier molecular flexibility index (Phi) is 4.07. The highest BCUT2D eigenvalue weighted by atomic mass is 16.4. The van der Waals surface area contributed by atoms with E-state index < -0.39 is 5.97 Å². The third-order valence-corrected chi connectivity index (χ3v) is 3.63. The first-order chi connectivity index (χ1) is 8.56. The van der Waals surface area contributed by atoms with Gasteiger partial charge in [0.1, 0.15) is 5.76 Å². The third kappa shape index (κ3) is 3.13. The molecule has 4 nitrogen and oxygen atoms in total. The quantitative estimate of drug-likeness (QED) is 0.874. The zero-order chi connectivity index (χ0) is 13.1. The van der Waals surface area contributed by atoms with Crippen molar-refractivity contribution < 1.29 is 14.3 Å². The largest absolute Gasteiger partial charge is 0.475 e. The maximum absolute atomic E-state index is 10.9. The average molecular weight is 251 g/mol. The Hall–Kier alpha value is -1.29. The van der Waals surface area contributed by atoms with E-state index in [0.29, 0.717) is 12.1 Å². The molecule has 0 aliphatic heterocycles.